The van der Waals surface area contributed by atoms with Gasteiger partial charge in [-0.15, -0.1) is 0 Å². The van der Waals surface area contributed by atoms with Gasteiger partial charge in [-0.3, -0.25) is 0 Å². The van der Waals surface area contributed by atoms with E-state index in [1.807, 2.05) is 27.7 Å². The quantitative estimate of drug-likeness (QED) is 0.342. The van der Waals surface area contributed by atoms with Gasteiger partial charge in [-0.05, 0) is 64.5 Å². The summed E-state index contributed by atoms with van der Waals surface area (Å²) in [4.78, 5) is 5.06. The first-order valence-electron chi connectivity index (χ1n) is 14.1. The minimum absolute atomic E-state index is 0.350. The van der Waals surface area contributed by atoms with E-state index in [2.05, 4.69) is 71.0 Å². The van der Waals surface area contributed by atoms with Crippen LogP contribution in [0.3, 0.4) is 0 Å². The maximum atomic E-state index is 4.34. The molecule has 0 amide bonds. The van der Waals surface area contributed by atoms with Crippen molar-refractivity contribution in [1.82, 2.24) is 9.80 Å². The molecular weight excluding hydrogens is 388 g/mol. The first kappa shape index (κ1) is 31.2. The van der Waals surface area contributed by atoms with E-state index in [0.717, 1.165) is 17.8 Å². The van der Waals surface area contributed by atoms with E-state index in [1.54, 1.807) is 0 Å². The molecule has 5 unspecified atom stereocenters. The number of hydrogen-bond acceptors (Lipinski definition) is 2. The predicted molar refractivity (Wildman–Crippen MR) is 147 cm³/mol. The van der Waals surface area contributed by atoms with E-state index < -0.39 is 0 Å². The van der Waals surface area contributed by atoms with Crippen LogP contribution in [0, 0.1) is 23.7 Å². The number of nitrogens with zero attached hydrogens (tertiary/aromatic N) is 2. The molecule has 0 saturated carbocycles. The van der Waals surface area contributed by atoms with Gasteiger partial charge in [0.1, 0.15) is 0 Å². The zero-order valence-corrected chi connectivity index (χ0v) is 24.1. The number of allylic oxidation sites excluding steroid dienone is 1. The van der Waals surface area contributed by atoms with Gasteiger partial charge in [0.2, 0.25) is 0 Å². The monoisotopic (exact) mass is 448 g/mol. The van der Waals surface area contributed by atoms with Crippen molar-refractivity contribution in [3.63, 3.8) is 0 Å². The number of rotatable bonds is 8. The van der Waals surface area contributed by atoms with Gasteiger partial charge >= 0.3 is 0 Å². The van der Waals surface area contributed by atoms with Crippen molar-refractivity contribution in [2.45, 2.75) is 120 Å². The van der Waals surface area contributed by atoms with Gasteiger partial charge in [-0.1, -0.05) is 99.3 Å². The van der Waals surface area contributed by atoms with Crippen LogP contribution in [-0.2, 0) is 0 Å². The minimum atomic E-state index is 0.350. The van der Waals surface area contributed by atoms with Crippen LogP contribution < -0.4 is 0 Å². The highest BCUT2D eigenvalue weighted by Gasteiger charge is 2.43. The Kier molecular flexibility index (Phi) is 15.6. The predicted octanol–water partition coefficient (Wildman–Crippen LogP) is 8.79. The lowest BCUT2D eigenvalue weighted by Crippen LogP contribution is -2.45. The van der Waals surface area contributed by atoms with Gasteiger partial charge in [0.05, 0.1) is 0 Å². The van der Waals surface area contributed by atoms with Crippen LogP contribution in [-0.4, -0.2) is 42.0 Å². The van der Waals surface area contributed by atoms with Gasteiger partial charge in [0, 0.05) is 30.2 Å². The van der Waals surface area contributed by atoms with Crippen LogP contribution in [0.4, 0.5) is 0 Å². The summed E-state index contributed by atoms with van der Waals surface area (Å²) in [5.74, 6) is 3.28. The molecule has 0 aromatic rings. The molecule has 1 aliphatic carbocycles. The molecule has 0 spiro atoms. The number of likely N-dealkylation sites (tertiary alicyclic amines) is 2. The van der Waals surface area contributed by atoms with Crippen molar-refractivity contribution in [2.75, 3.05) is 26.7 Å². The Morgan fingerprint density at radius 2 is 1.75 bits per heavy atom. The summed E-state index contributed by atoms with van der Waals surface area (Å²) in [5.41, 5.74) is 3.20. The topological polar surface area (TPSA) is 6.48 Å². The lowest BCUT2D eigenvalue weighted by atomic mass is 9.82. The second kappa shape index (κ2) is 16.0. The average Bonchev–Trinajstić information content (AvgIpc) is 3.18. The molecule has 5 atom stereocenters. The molecule has 2 heterocycles. The third kappa shape index (κ3) is 8.88. The summed E-state index contributed by atoms with van der Waals surface area (Å²) in [6, 6.07) is 0. The molecule has 2 aliphatic heterocycles. The van der Waals surface area contributed by atoms with Gasteiger partial charge in [-0.25, -0.2) is 0 Å². The molecule has 32 heavy (non-hydrogen) atoms. The summed E-state index contributed by atoms with van der Waals surface area (Å²) in [7, 11) is 2.24. The zero-order chi connectivity index (χ0) is 24.9. The van der Waals surface area contributed by atoms with Gasteiger partial charge in [-0.2, -0.15) is 0 Å². The van der Waals surface area contributed by atoms with E-state index in [4.69, 9.17) is 0 Å². The van der Waals surface area contributed by atoms with Crippen LogP contribution in [0.25, 0.3) is 0 Å². The van der Waals surface area contributed by atoms with E-state index in [-0.39, 0.29) is 0 Å². The Hall–Kier alpha value is -0.760. The molecular formula is C30H60N2. The second-order valence-corrected chi connectivity index (χ2v) is 10.2. The number of hydrogen-bond donors (Lipinski definition) is 0. The standard InChI is InChI=1S/C15H25N.C11H23N.2C2H6/c1-6-12(3)15(5)8-7-9-16(15)13(4)14-10-11(14)2;1-4-5-6-10(2)11-7-8-12(3)9-11;2*1-2/h10,12,14H,4,6-9H2,1-3,5H3;10-11H,4-9H2,1-3H3;2*1-2H3. The Morgan fingerprint density at radius 1 is 1.16 bits per heavy atom. The van der Waals surface area contributed by atoms with Crippen molar-refractivity contribution in [3.8, 4) is 0 Å². The summed E-state index contributed by atoms with van der Waals surface area (Å²) < 4.78 is 0. The van der Waals surface area contributed by atoms with E-state index in [9.17, 15) is 0 Å². The fraction of sp³-hybridized carbons (Fsp3) is 0.867. The molecule has 2 fully saturated rings. The van der Waals surface area contributed by atoms with Crippen molar-refractivity contribution < 1.29 is 0 Å². The smallest absolute Gasteiger partial charge is 0.0397 e. The lowest BCUT2D eigenvalue weighted by molar-refractivity contribution is 0.126. The molecule has 3 aliphatic rings. The van der Waals surface area contributed by atoms with E-state index >= 15 is 0 Å². The Morgan fingerprint density at radius 3 is 2.19 bits per heavy atom. The van der Waals surface area contributed by atoms with Crippen molar-refractivity contribution in [1.29, 1.82) is 0 Å². The first-order chi connectivity index (χ1) is 15.2. The molecule has 0 bridgehead atoms. The summed E-state index contributed by atoms with van der Waals surface area (Å²) in [6.07, 6.45) is 11.9. The molecule has 2 heteroatoms. The van der Waals surface area contributed by atoms with Gasteiger partial charge in [0.25, 0.3) is 0 Å². The maximum absolute atomic E-state index is 4.34. The molecule has 2 saturated heterocycles. The third-order valence-corrected chi connectivity index (χ3v) is 8.12. The van der Waals surface area contributed by atoms with Crippen LogP contribution in [0.5, 0.6) is 0 Å². The highest BCUT2D eigenvalue weighted by molar-refractivity contribution is 5.38. The van der Waals surface area contributed by atoms with Crippen LogP contribution in [0.2, 0.25) is 0 Å². The molecule has 2 nitrogen and oxygen atoms in total. The van der Waals surface area contributed by atoms with Crippen molar-refractivity contribution in [3.05, 3.63) is 23.9 Å². The molecule has 0 N–H and O–H groups in total. The fourth-order valence-corrected chi connectivity index (χ4v) is 5.35. The van der Waals surface area contributed by atoms with Crippen LogP contribution in [0.15, 0.2) is 23.9 Å². The van der Waals surface area contributed by atoms with Gasteiger partial charge < -0.3 is 9.80 Å². The highest BCUT2D eigenvalue weighted by Crippen LogP contribution is 2.45. The molecule has 3 rings (SSSR count). The Balaban J connectivity index is 0.000000536. The third-order valence-electron chi connectivity index (χ3n) is 8.12. The van der Waals surface area contributed by atoms with Crippen molar-refractivity contribution >= 4 is 0 Å². The normalized spacial score (nSPS) is 28.2. The number of unbranched alkanes of at least 4 members (excludes halogenated alkanes) is 1. The van der Waals surface area contributed by atoms with E-state index in [0.29, 0.717) is 11.5 Å². The summed E-state index contributed by atoms with van der Waals surface area (Å²) in [5, 5.41) is 0. The van der Waals surface area contributed by atoms with E-state index in [1.165, 1.54) is 75.9 Å². The second-order valence-electron chi connectivity index (χ2n) is 10.2. The minimum Gasteiger partial charge on any atom is -0.369 e. The Bertz CT molecular complexity index is 537. The SMILES string of the molecule is C=C(C1C=C1C)N1CCCC1(C)C(C)CC.CC.CC.CCCCC(C)C1CCN(C)C1. The highest BCUT2D eigenvalue weighted by atomic mass is 15.2. The van der Waals surface area contributed by atoms with Crippen LogP contribution >= 0.6 is 0 Å². The first-order valence-corrected chi connectivity index (χ1v) is 14.1. The molecule has 0 radical (unpaired) electrons. The zero-order valence-electron chi connectivity index (χ0n) is 24.1. The molecule has 0 aromatic heterocycles. The summed E-state index contributed by atoms with van der Waals surface area (Å²) in [6.45, 7) is 30.2. The summed E-state index contributed by atoms with van der Waals surface area (Å²) >= 11 is 0. The molecule has 0 aromatic carbocycles. The fourth-order valence-electron chi connectivity index (χ4n) is 5.35. The van der Waals surface area contributed by atoms with Crippen LogP contribution in [0.1, 0.15) is 114 Å². The largest absolute Gasteiger partial charge is 0.369 e. The van der Waals surface area contributed by atoms with Gasteiger partial charge in [0.15, 0.2) is 0 Å². The lowest BCUT2D eigenvalue weighted by Gasteiger charge is -2.43. The Labute approximate surface area is 203 Å². The maximum Gasteiger partial charge on any atom is 0.0397 e. The molecule has 190 valence electrons. The van der Waals surface area contributed by atoms with Crippen molar-refractivity contribution in [2.24, 2.45) is 23.7 Å². The average molecular weight is 449 g/mol.